The highest BCUT2D eigenvalue weighted by Crippen LogP contribution is 2.09. The van der Waals surface area contributed by atoms with Gasteiger partial charge in [-0.2, -0.15) is 0 Å². The molecule has 0 aliphatic carbocycles. The van der Waals surface area contributed by atoms with Crippen molar-refractivity contribution in [3.05, 3.63) is 23.9 Å². The average Bonchev–Trinajstić information content (AvgIpc) is 2.56. The molecule has 22 heavy (non-hydrogen) atoms. The lowest BCUT2D eigenvalue weighted by molar-refractivity contribution is 0.143. The number of ether oxygens (including phenoxy) is 2. The lowest BCUT2D eigenvalue weighted by Crippen LogP contribution is -2.37. The van der Waals surface area contributed by atoms with Gasteiger partial charge in [-0.25, -0.2) is 9.98 Å². The first-order valence-corrected chi connectivity index (χ1v) is 7.89. The fourth-order valence-electron chi connectivity index (χ4n) is 1.85. The minimum atomic E-state index is 0.590. The molecule has 0 aliphatic heterocycles. The van der Waals surface area contributed by atoms with E-state index in [-0.39, 0.29) is 0 Å². The summed E-state index contributed by atoms with van der Waals surface area (Å²) < 4.78 is 10.4. The zero-order valence-electron chi connectivity index (χ0n) is 13.9. The van der Waals surface area contributed by atoms with Crippen LogP contribution in [-0.2, 0) is 11.3 Å². The van der Waals surface area contributed by atoms with E-state index in [0.717, 1.165) is 50.7 Å². The second-order valence-corrected chi connectivity index (χ2v) is 4.73. The zero-order chi connectivity index (χ0) is 16.0. The van der Waals surface area contributed by atoms with Crippen molar-refractivity contribution in [2.75, 3.05) is 33.4 Å². The van der Waals surface area contributed by atoms with Gasteiger partial charge in [-0.15, -0.1) is 0 Å². The van der Waals surface area contributed by atoms with Crippen molar-refractivity contribution in [3.8, 4) is 5.88 Å². The van der Waals surface area contributed by atoms with Gasteiger partial charge in [-0.1, -0.05) is 0 Å². The van der Waals surface area contributed by atoms with Gasteiger partial charge in [0.15, 0.2) is 5.96 Å². The van der Waals surface area contributed by atoms with Gasteiger partial charge in [0, 0.05) is 38.6 Å². The highest BCUT2D eigenvalue weighted by molar-refractivity contribution is 5.79. The first-order valence-electron chi connectivity index (χ1n) is 7.89. The van der Waals surface area contributed by atoms with Crippen LogP contribution in [0.15, 0.2) is 23.3 Å². The van der Waals surface area contributed by atoms with Crippen LogP contribution in [0, 0.1) is 0 Å². The Morgan fingerprint density at radius 1 is 1.27 bits per heavy atom. The Hall–Kier alpha value is -1.82. The van der Waals surface area contributed by atoms with Crippen molar-refractivity contribution in [3.63, 3.8) is 0 Å². The summed E-state index contributed by atoms with van der Waals surface area (Å²) in [5.74, 6) is 1.44. The second-order valence-electron chi connectivity index (χ2n) is 4.73. The van der Waals surface area contributed by atoms with Gasteiger partial charge in [0.25, 0.3) is 0 Å². The molecule has 0 spiro atoms. The van der Waals surface area contributed by atoms with Crippen molar-refractivity contribution in [1.82, 2.24) is 15.6 Å². The van der Waals surface area contributed by atoms with Crippen LogP contribution < -0.4 is 15.4 Å². The molecule has 0 saturated heterocycles. The van der Waals surface area contributed by atoms with E-state index in [4.69, 9.17) is 9.47 Å². The predicted octanol–water partition coefficient (Wildman–Crippen LogP) is 1.96. The van der Waals surface area contributed by atoms with Gasteiger partial charge in [-0.05, 0) is 38.3 Å². The van der Waals surface area contributed by atoms with E-state index < -0.39 is 0 Å². The number of rotatable bonds is 10. The summed E-state index contributed by atoms with van der Waals surface area (Å²) in [6, 6.07) is 3.84. The highest BCUT2D eigenvalue weighted by atomic mass is 16.5. The molecule has 0 aromatic carbocycles. The third kappa shape index (κ3) is 7.83. The van der Waals surface area contributed by atoms with Crippen molar-refractivity contribution in [2.24, 2.45) is 4.99 Å². The van der Waals surface area contributed by atoms with E-state index in [2.05, 4.69) is 27.5 Å². The lowest BCUT2D eigenvalue weighted by Gasteiger charge is -2.11. The normalized spacial score (nSPS) is 11.3. The van der Waals surface area contributed by atoms with Crippen LogP contribution in [0.3, 0.4) is 0 Å². The van der Waals surface area contributed by atoms with E-state index in [1.165, 1.54) is 0 Å². The molecule has 0 atom stereocenters. The third-order valence-corrected chi connectivity index (χ3v) is 2.98. The van der Waals surface area contributed by atoms with E-state index in [9.17, 15) is 0 Å². The summed E-state index contributed by atoms with van der Waals surface area (Å²) in [5, 5.41) is 6.58. The summed E-state index contributed by atoms with van der Waals surface area (Å²) in [6.45, 7) is 8.00. The molecule has 124 valence electrons. The molecule has 0 unspecified atom stereocenters. The average molecular weight is 308 g/mol. The van der Waals surface area contributed by atoms with Gasteiger partial charge in [0.1, 0.15) is 0 Å². The Kier molecular flexibility index (Phi) is 9.78. The number of guanidine groups is 1. The number of methoxy groups -OCH3 is 1. The molecule has 6 nitrogen and oxygen atoms in total. The van der Waals surface area contributed by atoms with Crippen LogP contribution in [0.4, 0.5) is 0 Å². The maximum atomic E-state index is 5.32. The quantitative estimate of drug-likeness (QED) is 0.393. The summed E-state index contributed by atoms with van der Waals surface area (Å²) in [4.78, 5) is 8.67. The molecule has 0 fully saturated rings. The monoisotopic (exact) mass is 308 g/mol. The second kappa shape index (κ2) is 11.8. The Balaban J connectivity index is 2.40. The number of nitrogens with one attached hydrogen (secondary N) is 2. The summed E-state index contributed by atoms with van der Waals surface area (Å²) in [6.07, 6.45) is 3.85. The van der Waals surface area contributed by atoms with Crippen molar-refractivity contribution in [2.45, 2.75) is 33.2 Å². The van der Waals surface area contributed by atoms with Crippen molar-refractivity contribution < 1.29 is 9.47 Å². The minimum absolute atomic E-state index is 0.590. The Morgan fingerprint density at radius 2 is 2.14 bits per heavy atom. The molecular weight excluding hydrogens is 280 g/mol. The van der Waals surface area contributed by atoms with E-state index in [1.54, 1.807) is 13.3 Å². The third-order valence-electron chi connectivity index (χ3n) is 2.98. The predicted molar refractivity (Wildman–Crippen MR) is 89.3 cm³/mol. The fraction of sp³-hybridized carbons (Fsp3) is 0.625. The number of pyridine rings is 1. The molecule has 2 N–H and O–H groups in total. The van der Waals surface area contributed by atoms with Crippen LogP contribution in [0.5, 0.6) is 5.88 Å². The van der Waals surface area contributed by atoms with Crippen LogP contribution in [-0.4, -0.2) is 44.4 Å². The molecule has 1 aromatic rings. The van der Waals surface area contributed by atoms with Gasteiger partial charge in [0.05, 0.1) is 13.7 Å². The van der Waals surface area contributed by atoms with Crippen molar-refractivity contribution in [1.29, 1.82) is 0 Å². The number of aromatic nitrogens is 1. The molecular formula is C16H28N4O2. The summed E-state index contributed by atoms with van der Waals surface area (Å²) in [7, 11) is 1.61. The number of hydrogen-bond acceptors (Lipinski definition) is 4. The molecule has 0 radical (unpaired) electrons. The SMILES string of the molecule is CCNC(=NCc1ccnc(OC)c1)NCCCCOCC. The molecule has 0 aliphatic rings. The van der Waals surface area contributed by atoms with Gasteiger partial charge in [-0.3, -0.25) is 0 Å². The number of aliphatic imine (C=N–C) groups is 1. The van der Waals surface area contributed by atoms with E-state index in [0.29, 0.717) is 12.4 Å². The van der Waals surface area contributed by atoms with E-state index >= 15 is 0 Å². The topological polar surface area (TPSA) is 67.8 Å². The largest absolute Gasteiger partial charge is 0.481 e. The first-order chi connectivity index (χ1) is 10.8. The lowest BCUT2D eigenvalue weighted by atomic mass is 10.3. The summed E-state index contributed by atoms with van der Waals surface area (Å²) >= 11 is 0. The minimum Gasteiger partial charge on any atom is -0.481 e. The van der Waals surface area contributed by atoms with Crippen molar-refractivity contribution >= 4 is 5.96 Å². The Bertz CT molecular complexity index is 438. The number of hydrogen-bond donors (Lipinski definition) is 2. The number of nitrogens with zero attached hydrogens (tertiary/aromatic N) is 2. The number of unbranched alkanes of at least 4 members (excludes halogenated alkanes) is 1. The maximum absolute atomic E-state index is 5.32. The smallest absolute Gasteiger partial charge is 0.213 e. The molecule has 1 rings (SSSR count). The van der Waals surface area contributed by atoms with Gasteiger partial charge < -0.3 is 20.1 Å². The standard InChI is InChI=1S/C16H28N4O2/c1-4-17-16(19-9-6-7-11-22-5-2)20-13-14-8-10-18-15(12-14)21-3/h8,10,12H,4-7,9,11,13H2,1-3H3,(H2,17,19,20). The Labute approximate surface area is 133 Å². The van der Waals surface area contributed by atoms with E-state index in [1.807, 2.05) is 19.1 Å². The van der Waals surface area contributed by atoms with Crippen LogP contribution in [0.25, 0.3) is 0 Å². The molecule has 0 bridgehead atoms. The molecule has 6 heteroatoms. The zero-order valence-corrected chi connectivity index (χ0v) is 13.9. The Morgan fingerprint density at radius 3 is 2.86 bits per heavy atom. The molecule has 1 heterocycles. The molecule has 0 amide bonds. The fourth-order valence-corrected chi connectivity index (χ4v) is 1.85. The van der Waals surface area contributed by atoms with Gasteiger partial charge >= 0.3 is 0 Å². The molecule has 0 saturated carbocycles. The van der Waals surface area contributed by atoms with Crippen LogP contribution >= 0.6 is 0 Å². The molecule has 1 aromatic heterocycles. The summed E-state index contributed by atoms with van der Waals surface area (Å²) in [5.41, 5.74) is 1.07. The maximum Gasteiger partial charge on any atom is 0.213 e. The van der Waals surface area contributed by atoms with Crippen LogP contribution in [0.1, 0.15) is 32.3 Å². The van der Waals surface area contributed by atoms with Gasteiger partial charge in [0.2, 0.25) is 5.88 Å². The first kappa shape index (κ1) is 18.2. The van der Waals surface area contributed by atoms with Crippen LogP contribution in [0.2, 0.25) is 0 Å². The highest BCUT2D eigenvalue weighted by Gasteiger charge is 1.99.